The minimum absolute atomic E-state index is 0.0675. The van der Waals surface area contributed by atoms with Crippen molar-refractivity contribution >= 4 is 27.5 Å². The second kappa shape index (κ2) is 5.46. The van der Waals surface area contributed by atoms with E-state index >= 15 is 0 Å². The molecule has 0 aromatic heterocycles. The van der Waals surface area contributed by atoms with Crippen molar-refractivity contribution in [2.45, 2.75) is 24.8 Å². The maximum atomic E-state index is 11.7. The van der Waals surface area contributed by atoms with Crippen LogP contribution in [0.2, 0.25) is 0 Å². The summed E-state index contributed by atoms with van der Waals surface area (Å²) in [5, 5.41) is 2.84. The number of anilines is 1. The van der Waals surface area contributed by atoms with Gasteiger partial charge in [-0.15, -0.1) is 0 Å². The van der Waals surface area contributed by atoms with Crippen LogP contribution in [-0.2, 0) is 16.1 Å². The highest BCUT2D eigenvalue weighted by molar-refractivity contribution is 9.10. The molecule has 0 aliphatic rings. The number of nitrogens with one attached hydrogen (secondary N) is 1. The average Bonchev–Trinajstić information content (AvgIpc) is 2.17. The van der Waals surface area contributed by atoms with Crippen LogP contribution >= 0.6 is 15.9 Å². The summed E-state index contributed by atoms with van der Waals surface area (Å²) in [6, 6.07) is 7.61. The first kappa shape index (κ1) is 13.2. The van der Waals surface area contributed by atoms with Crippen molar-refractivity contribution in [3.8, 4) is 0 Å². The second-order valence-corrected chi connectivity index (χ2v) is 6.04. The fourth-order valence-corrected chi connectivity index (χ4v) is 1.28. The second-order valence-electron chi connectivity index (χ2n) is 4.06. The van der Waals surface area contributed by atoms with Gasteiger partial charge in [-0.2, -0.15) is 0 Å². The number of carbonyl (C=O) groups excluding carboxylic acids is 1. The first-order valence-corrected chi connectivity index (χ1v) is 5.81. The molecule has 88 valence electrons. The maximum absolute atomic E-state index is 11.7. The third-order valence-corrected chi connectivity index (χ3v) is 2.40. The lowest BCUT2D eigenvalue weighted by atomic mass is 10.1. The van der Waals surface area contributed by atoms with Crippen LogP contribution in [-0.4, -0.2) is 17.3 Å². The summed E-state index contributed by atoms with van der Waals surface area (Å²) in [6.45, 7) is 4.16. The molecular formula is C12H16BrNO2. The number of rotatable bonds is 4. The molecule has 1 aromatic carbocycles. The fraction of sp³-hybridized carbons (Fsp3) is 0.417. The molecule has 16 heavy (non-hydrogen) atoms. The van der Waals surface area contributed by atoms with Crippen LogP contribution in [0.15, 0.2) is 24.3 Å². The van der Waals surface area contributed by atoms with Gasteiger partial charge in [-0.25, -0.2) is 0 Å². The van der Waals surface area contributed by atoms with E-state index in [1.807, 2.05) is 24.3 Å². The van der Waals surface area contributed by atoms with E-state index in [1.54, 1.807) is 21.0 Å². The Hall–Kier alpha value is -0.870. The summed E-state index contributed by atoms with van der Waals surface area (Å²) < 4.78 is 4.47. The minimum atomic E-state index is -0.565. The highest BCUT2D eigenvalue weighted by Gasteiger charge is 2.23. The highest BCUT2D eigenvalue weighted by Crippen LogP contribution is 2.19. The monoisotopic (exact) mass is 285 g/mol. The lowest BCUT2D eigenvalue weighted by molar-refractivity contribution is -0.117. The van der Waals surface area contributed by atoms with Crippen LogP contribution < -0.4 is 5.32 Å². The zero-order chi connectivity index (χ0) is 12.2. The molecule has 1 rings (SSSR count). The molecule has 0 radical (unpaired) electrons. The number of methoxy groups -OCH3 is 1. The lowest BCUT2D eigenvalue weighted by Gasteiger charge is -2.16. The number of alkyl halides is 1. The molecule has 0 spiro atoms. The lowest BCUT2D eigenvalue weighted by Crippen LogP contribution is -2.30. The van der Waals surface area contributed by atoms with E-state index in [2.05, 4.69) is 21.2 Å². The SMILES string of the molecule is COCc1cccc(NC(=O)C(C)(C)Br)c1. The average molecular weight is 286 g/mol. The van der Waals surface area contributed by atoms with Crippen molar-refractivity contribution < 1.29 is 9.53 Å². The van der Waals surface area contributed by atoms with Crippen molar-refractivity contribution in [1.29, 1.82) is 0 Å². The first-order valence-electron chi connectivity index (χ1n) is 5.01. The molecule has 3 nitrogen and oxygen atoms in total. The van der Waals surface area contributed by atoms with Crippen molar-refractivity contribution in [3.05, 3.63) is 29.8 Å². The number of halogens is 1. The Morgan fingerprint density at radius 3 is 2.75 bits per heavy atom. The largest absolute Gasteiger partial charge is 0.380 e. The Morgan fingerprint density at radius 1 is 1.50 bits per heavy atom. The van der Waals surface area contributed by atoms with Crippen LogP contribution in [0.25, 0.3) is 0 Å². The van der Waals surface area contributed by atoms with Crippen molar-refractivity contribution in [2.24, 2.45) is 0 Å². The zero-order valence-corrected chi connectivity index (χ0v) is 11.3. The number of amides is 1. The smallest absolute Gasteiger partial charge is 0.240 e. The van der Waals surface area contributed by atoms with Crippen molar-refractivity contribution in [3.63, 3.8) is 0 Å². The fourth-order valence-electron chi connectivity index (χ4n) is 1.19. The molecule has 0 heterocycles. The summed E-state index contributed by atoms with van der Waals surface area (Å²) in [7, 11) is 1.65. The Balaban J connectivity index is 2.74. The van der Waals surface area contributed by atoms with Crippen molar-refractivity contribution in [2.75, 3.05) is 12.4 Å². The van der Waals surface area contributed by atoms with Gasteiger partial charge in [0.25, 0.3) is 0 Å². The summed E-state index contributed by atoms with van der Waals surface area (Å²) in [6.07, 6.45) is 0. The quantitative estimate of drug-likeness (QED) is 0.864. The molecule has 0 saturated carbocycles. The molecule has 0 saturated heterocycles. The van der Waals surface area contributed by atoms with Crippen molar-refractivity contribution in [1.82, 2.24) is 0 Å². The normalized spacial score (nSPS) is 11.2. The van der Waals surface area contributed by atoms with E-state index in [0.717, 1.165) is 11.3 Å². The van der Waals surface area contributed by atoms with Gasteiger partial charge in [0, 0.05) is 12.8 Å². The van der Waals surface area contributed by atoms with Crippen LogP contribution in [0, 0.1) is 0 Å². The molecule has 0 aliphatic heterocycles. The Morgan fingerprint density at radius 2 is 2.19 bits per heavy atom. The van der Waals surface area contributed by atoms with Crippen LogP contribution in [0.1, 0.15) is 19.4 Å². The Kier molecular flexibility index (Phi) is 4.50. The number of benzene rings is 1. The Labute approximate surface area is 104 Å². The number of carbonyl (C=O) groups is 1. The summed E-state index contributed by atoms with van der Waals surface area (Å²) in [5.41, 5.74) is 1.82. The number of hydrogen-bond acceptors (Lipinski definition) is 2. The van der Waals surface area contributed by atoms with Crippen LogP contribution in [0.3, 0.4) is 0 Å². The molecule has 1 amide bonds. The van der Waals surface area contributed by atoms with Gasteiger partial charge >= 0.3 is 0 Å². The Bertz CT molecular complexity index is 372. The summed E-state index contributed by atoms with van der Waals surface area (Å²) in [5.74, 6) is -0.0675. The van der Waals surface area contributed by atoms with E-state index in [0.29, 0.717) is 6.61 Å². The van der Waals surface area contributed by atoms with Gasteiger partial charge in [0.15, 0.2) is 0 Å². The molecule has 0 bridgehead atoms. The zero-order valence-electron chi connectivity index (χ0n) is 9.71. The summed E-state index contributed by atoms with van der Waals surface area (Å²) >= 11 is 3.31. The standard InChI is InChI=1S/C12H16BrNO2/c1-12(2,13)11(15)14-10-6-4-5-9(7-10)8-16-3/h4-7H,8H2,1-3H3,(H,14,15). The molecule has 1 aromatic rings. The minimum Gasteiger partial charge on any atom is -0.380 e. The molecule has 0 fully saturated rings. The third kappa shape index (κ3) is 3.94. The van der Waals surface area contributed by atoms with Gasteiger partial charge < -0.3 is 10.1 Å². The van der Waals surface area contributed by atoms with E-state index in [4.69, 9.17) is 4.74 Å². The van der Waals surface area contributed by atoms with E-state index < -0.39 is 4.32 Å². The molecular weight excluding hydrogens is 270 g/mol. The molecule has 4 heteroatoms. The molecule has 0 aliphatic carbocycles. The summed E-state index contributed by atoms with van der Waals surface area (Å²) in [4.78, 5) is 11.7. The number of ether oxygens (including phenoxy) is 1. The molecule has 1 N–H and O–H groups in total. The van der Waals surface area contributed by atoms with Gasteiger partial charge in [-0.05, 0) is 31.5 Å². The highest BCUT2D eigenvalue weighted by atomic mass is 79.9. The number of hydrogen-bond donors (Lipinski definition) is 1. The van der Waals surface area contributed by atoms with E-state index in [-0.39, 0.29) is 5.91 Å². The predicted molar refractivity (Wildman–Crippen MR) is 68.8 cm³/mol. The first-order chi connectivity index (χ1) is 7.43. The topological polar surface area (TPSA) is 38.3 Å². The molecule has 0 atom stereocenters. The molecule has 0 unspecified atom stereocenters. The van der Waals surface area contributed by atoms with E-state index in [9.17, 15) is 4.79 Å². The van der Waals surface area contributed by atoms with Crippen LogP contribution in [0.5, 0.6) is 0 Å². The van der Waals surface area contributed by atoms with Gasteiger partial charge in [0.2, 0.25) is 5.91 Å². The third-order valence-electron chi connectivity index (χ3n) is 2.04. The van der Waals surface area contributed by atoms with Gasteiger partial charge in [-0.3, -0.25) is 4.79 Å². The van der Waals surface area contributed by atoms with E-state index in [1.165, 1.54) is 0 Å². The maximum Gasteiger partial charge on any atom is 0.240 e. The van der Waals surface area contributed by atoms with Gasteiger partial charge in [0.1, 0.15) is 0 Å². The predicted octanol–water partition coefficient (Wildman–Crippen LogP) is 2.95. The van der Waals surface area contributed by atoms with Gasteiger partial charge in [0.05, 0.1) is 10.9 Å². The van der Waals surface area contributed by atoms with Gasteiger partial charge in [-0.1, -0.05) is 28.1 Å². The van der Waals surface area contributed by atoms with Crippen LogP contribution in [0.4, 0.5) is 5.69 Å².